The fourth-order valence-electron chi connectivity index (χ4n) is 2.87. The van der Waals surface area contributed by atoms with Crippen molar-refractivity contribution in [3.8, 4) is 0 Å². The van der Waals surface area contributed by atoms with Crippen LogP contribution < -0.4 is 5.48 Å². The first-order valence-corrected chi connectivity index (χ1v) is 8.52. The first-order valence-electron chi connectivity index (χ1n) is 8.52. The molecule has 11 heteroatoms. The first kappa shape index (κ1) is 18.9. The lowest BCUT2D eigenvalue weighted by Crippen LogP contribution is -2.47. The first-order chi connectivity index (χ1) is 12.4. The topological polar surface area (TPSA) is 89.7 Å². The van der Waals surface area contributed by atoms with Crippen molar-refractivity contribution >= 4 is 6.03 Å². The van der Waals surface area contributed by atoms with Gasteiger partial charge in [0.05, 0.1) is 13.2 Å². The van der Waals surface area contributed by atoms with E-state index in [1.165, 1.54) is 0 Å². The van der Waals surface area contributed by atoms with Gasteiger partial charge in [-0.15, -0.1) is 0 Å². The Hall–Kier alpha value is -1.88. The summed E-state index contributed by atoms with van der Waals surface area (Å²) in [7, 11) is 0. The van der Waals surface area contributed by atoms with Crippen molar-refractivity contribution in [3.63, 3.8) is 0 Å². The maximum atomic E-state index is 13.8. The predicted octanol–water partition coefficient (Wildman–Crippen LogP) is 2.13. The molecule has 0 bridgehead atoms. The van der Waals surface area contributed by atoms with Gasteiger partial charge in [-0.2, -0.15) is 18.2 Å². The van der Waals surface area contributed by atoms with Crippen LogP contribution >= 0.6 is 0 Å². The van der Waals surface area contributed by atoms with Crippen LogP contribution in [0.2, 0.25) is 0 Å². The van der Waals surface area contributed by atoms with E-state index in [1.807, 2.05) is 6.92 Å². The Labute approximate surface area is 147 Å². The van der Waals surface area contributed by atoms with Gasteiger partial charge in [-0.3, -0.25) is 4.84 Å². The van der Waals surface area contributed by atoms with Crippen LogP contribution in [0.15, 0.2) is 4.52 Å². The van der Waals surface area contributed by atoms with Crippen LogP contribution in [0.4, 0.5) is 18.0 Å². The van der Waals surface area contributed by atoms with Gasteiger partial charge < -0.3 is 14.2 Å². The van der Waals surface area contributed by atoms with Gasteiger partial charge in [0.2, 0.25) is 5.89 Å². The molecule has 2 heterocycles. The Morgan fingerprint density at radius 3 is 2.85 bits per heavy atom. The summed E-state index contributed by atoms with van der Waals surface area (Å²) >= 11 is 0. The predicted molar refractivity (Wildman–Crippen MR) is 81.2 cm³/mol. The van der Waals surface area contributed by atoms with Gasteiger partial charge in [0.25, 0.3) is 0 Å². The minimum atomic E-state index is -4.62. The molecule has 26 heavy (non-hydrogen) atoms. The maximum absolute atomic E-state index is 13.8. The van der Waals surface area contributed by atoms with E-state index in [-0.39, 0.29) is 32.1 Å². The van der Waals surface area contributed by atoms with Crippen molar-refractivity contribution in [1.82, 2.24) is 20.5 Å². The van der Waals surface area contributed by atoms with Gasteiger partial charge in [-0.25, -0.2) is 10.3 Å². The highest BCUT2D eigenvalue weighted by Crippen LogP contribution is 2.48. The van der Waals surface area contributed by atoms with Crippen LogP contribution in [0.3, 0.4) is 0 Å². The Kier molecular flexibility index (Phi) is 5.37. The number of likely N-dealkylation sites (tertiary alicyclic amines) is 1. The molecule has 1 aromatic rings. The number of nitrogens with one attached hydrogen (secondary N) is 1. The molecule has 1 saturated heterocycles. The smallest absolute Gasteiger partial charge is 0.379 e. The van der Waals surface area contributed by atoms with E-state index in [2.05, 4.69) is 15.6 Å². The number of halogens is 3. The third-order valence-electron chi connectivity index (χ3n) is 4.59. The lowest BCUT2D eigenvalue weighted by atomic mass is 9.86. The summed E-state index contributed by atoms with van der Waals surface area (Å²) in [4.78, 5) is 22.0. The number of ether oxygens (including phenoxy) is 1. The number of aromatic nitrogens is 2. The fraction of sp³-hybridized carbons (Fsp3) is 0.800. The summed E-state index contributed by atoms with van der Waals surface area (Å²) in [6.07, 6.45) is -3.25. The summed E-state index contributed by atoms with van der Waals surface area (Å²) in [5.74, 6) is -0.0809. The van der Waals surface area contributed by atoms with E-state index in [0.717, 1.165) is 17.7 Å². The highest BCUT2D eigenvalue weighted by atomic mass is 19.4. The number of urea groups is 1. The number of nitrogens with zero attached hydrogens (tertiary/aromatic N) is 3. The second-order valence-corrected chi connectivity index (χ2v) is 6.44. The molecule has 8 nitrogen and oxygen atoms in total. The number of hydrogen-bond donors (Lipinski definition) is 1. The molecule has 1 aliphatic heterocycles. The van der Waals surface area contributed by atoms with E-state index >= 15 is 0 Å². The minimum absolute atomic E-state index is 0.0809. The number of hydroxylamine groups is 1. The maximum Gasteiger partial charge on any atom is 0.405 e. The summed E-state index contributed by atoms with van der Waals surface area (Å²) in [5.41, 5.74) is -0.221. The lowest BCUT2D eigenvalue weighted by molar-refractivity contribution is -0.193. The molecule has 1 unspecified atom stereocenters. The molecular weight excluding hydrogens is 357 g/mol. The second kappa shape index (κ2) is 7.39. The number of amides is 2. The SMILES string of the molecule is CCOCCONC(=O)N1CCC(c2nc(C3CC3)no2)(C(F)(F)F)C1. The summed E-state index contributed by atoms with van der Waals surface area (Å²) < 4.78 is 51.4. The van der Waals surface area contributed by atoms with Crippen LogP contribution in [-0.2, 0) is 15.0 Å². The van der Waals surface area contributed by atoms with Crippen LogP contribution in [0.5, 0.6) is 0 Å². The quantitative estimate of drug-likeness (QED) is 0.578. The van der Waals surface area contributed by atoms with Gasteiger partial charge in [-0.05, 0) is 26.2 Å². The highest BCUT2D eigenvalue weighted by molar-refractivity contribution is 5.73. The lowest BCUT2D eigenvalue weighted by Gasteiger charge is -2.27. The molecule has 3 rings (SSSR count). The van der Waals surface area contributed by atoms with Gasteiger partial charge in [0, 0.05) is 25.6 Å². The molecule has 2 aliphatic rings. The van der Waals surface area contributed by atoms with Crippen molar-refractivity contribution in [2.45, 2.75) is 43.7 Å². The van der Waals surface area contributed by atoms with Crippen molar-refractivity contribution in [3.05, 3.63) is 11.7 Å². The molecule has 1 aliphatic carbocycles. The van der Waals surface area contributed by atoms with E-state index < -0.39 is 30.1 Å². The van der Waals surface area contributed by atoms with Gasteiger partial charge in [-0.1, -0.05) is 5.16 Å². The van der Waals surface area contributed by atoms with E-state index in [9.17, 15) is 18.0 Å². The van der Waals surface area contributed by atoms with Crippen molar-refractivity contribution in [2.24, 2.45) is 0 Å². The molecule has 146 valence electrons. The summed E-state index contributed by atoms with van der Waals surface area (Å²) in [5, 5.41) is 3.69. The number of hydrogen-bond acceptors (Lipinski definition) is 6. The number of rotatable bonds is 7. The summed E-state index contributed by atoms with van der Waals surface area (Å²) in [6, 6.07) is -0.741. The molecule has 1 atom stereocenters. The average molecular weight is 378 g/mol. The third kappa shape index (κ3) is 3.78. The van der Waals surface area contributed by atoms with E-state index in [0.29, 0.717) is 12.4 Å². The largest absolute Gasteiger partial charge is 0.405 e. The minimum Gasteiger partial charge on any atom is -0.379 e. The van der Waals surface area contributed by atoms with E-state index in [4.69, 9.17) is 14.1 Å². The van der Waals surface area contributed by atoms with E-state index in [1.54, 1.807) is 0 Å². The van der Waals surface area contributed by atoms with Crippen molar-refractivity contribution < 1.29 is 32.1 Å². The second-order valence-electron chi connectivity index (χ2n) is 6.44. The molecule has 1 saturated carbocycles. The molecule has 2 amide bonds. The standard InChI is InChI=1S/C15H21F3N4O4/c1-2-24-7-8-25-21-13(23)22-6-5-14(9-22,15(16,17)18)12-19-11(20-26-12)10-3-4-10/h10H,2-9H2,1H3,(H,21,23). The zero-order chi connectivity index (χ0) is 18.8. The number of carbonyl (C=O) groups is 1. The Morgan fingerprint density at radius 2 is 2.19 bits per heavy atom. The van der Waals surface area contributed by atoms with Crippen LogP contribution in [0.25, 0.3) is 0 Å². The molecule has 1 N–H and O–H groups in total. The molecule has 2 fully saturated rings. The normalized spacial score (nSPS) is 23.5. The Morgan fingerprint density at radius 1 is 1.42 bits per heavy atom. The fourth-order valence-corrected chi connectivity index (χ4v) is 2.87. The monoisotopic (exact) mass is 378 g/mol. The van der Waals surface area contributed by atoms with Crippen molar-refractivity contribution in [2.75, 3.05) is 32.9 Å². The Balaban J connectivity index is 1.65. The highest BCUT2D eigenvalue weighted by Gasteiger charge is 2.63. The molecule has 0 aromatic carbocycles. The van der Waals surface area contributed by atoms with Crippen molar-refractivity contribution in [1.29, 1.82) is 0 Å². The third-order valence-corrected chi connectivity index (χ3v) is 4.59. The molecular formula is C15H21F3N4O4. The number of alkyl halides is 3. The average Bonchev–Trinajstić information content (AvgIpc) is 3.13. The van der Waals surface area contributed by atoms with Gasteiger partial charge >= 0.3 is 12.2 Å². The zero-order valence-corrected chi connectivity index (χ0v) is 14.3. The Bertz CT molecular complexity index is 635. The van der Waals surface area contributed by atoms with Gasteiger partial charge in [0.15, 0.2) is 11.2 Å². The van der Waals surface area contributed by atoms with Gasteiger partial charge in [0.1, 0.15) is 0 Å². The van der Waals surface area contributed by atoms with Crippen LogP contribution in [0.1, 0.15) is 43.8 Å². The molecule has 1 aromatic heterocycles. The number of carbonyl (C=O) groups excluding carboxylic acids is 1. The van der Waals surface area contributed by atoms with Crippen LogP contribution in [-0.4, -0.2) is 60.2 Å². The van der Waals surface area contributed by atoms with Crippen LogP contribution in [0, 0.1) is 0 Å². The molecule has 0 radical (unpaired) electrons. The zero-order valence-electron chi connectivity index (χ0n) is 14.3. The molecule has 0 spiro atoms. The summed E-state index contributed by atoms with van der Waals surface area (Å²) in [6.45, 7) is 2.00.